The van der Waals surface area contributed by atoms with Crippen LogP contribution in [-0.4, -0.2) is 35.8 Å². The summed E-state index contributed by atoms with van der Waals surface area (Å²) in [6.45, 7) is 8.73. The van der Waals surface area contributed by atoms with E-state index in [-0.39, 0.29) is 19.4 Å². The van der Waals surface area contributed by atoms with E-state index < -0.39 is 35.8 Å². The molecule has 0 saturated carbocycles. The van der Waals surface area contributed by atoms with Gasteiger partial charge in [0.05, 0.1) is 12.8 Å². The van der Waals surface area contributed by atoms with Crippen molar-refractivity contribution in [2.24, 2.45) is 0 Å². The summed E-state index contributed by atoms with van der Waals surface area (Å²) in [5, 5.41) is 2.57. The zero-order valence-electron chi connectivity index (χ0n) is 16.6. The van der Waals surface area contributed by atoms with E-state index in [1.54, 1.807) is 34.6 Å². The lowest BCUT2D eigenvalue weighted by Crippen LogP contribution is -2.39. The van der Waals surface area contributed by atoms with Crippen molar-refractivity contribution in [1.29, 1.82) is 0 Å². The van der Waals surface area contributed by atoms with Crippen molar-refractivity contribution in [1.82, 2.24) is 5.32 Å². The predicted molar refractivity (Wildman–Crippen MR) is 99.9 cm³/mol. The predicted octanol–water partition coefficient (Wildman–Crippen LogP) is 3.35. The monoisotopic (exact) mass is 379 g/mol. The molecule has 2 atom stereocenters. The van der Waals surface area contributed by atoms with E-state index in [2.05, 4.69) is 5.32 Å². The number of esters is 2. The number of alkyl carbamates (subject to hydrolysis) is 1. The lowest BCUT2D eigenvalue weighted by Gasteiger charge is -2.22. The molecule has 0 saturated heterocycles. The Morgan fingerprint density at radius 3 is 2.22 bits per heavy atom. The van der Waals surface area contributed by atoms with Gasteiger partial charge >= 0.3 is 18.0 Å². The van der Waals surface area contributed by atoms with Gasteiger partial charge in [-0.15, -0.1) is 0 Å². The van der Waals surface area contributed by atoms with E-state index in [9.17, 15) is 14.4 Å². The normalized spacial score (nSPS) is 13.2. The standard InChI is InChI=1S/C20H29NO6/c1-14(21-19(24)27-20(3,4)5)11-18(23)26-15(2)12-17(22)25-13-16-9-7-6-8-10-16/h6-10,14-15H,11-13H2,1-5H3,(H,21,24)/t14-,15+/m0/s1. The van der Waals surface area contributed by atoms with Crippen molar-refractivity contribution in [3.63, 3.8) is 0 Å². The molecule has 150 valence electrons. The summed E-state index contributed by atoms with van der Waals surface area (Å²) in [5.41, 5.74) is 0.274. The van der Waals surface area contributed by atoms with Crippen LogP contribution in [-0.2, 0) is 30.4 Å². The molecule has 1 amide bonds. The smallest absolute Gasteiger partial charge is 0.407 e. The first-order valence-electron chi connectivity index (χ1n) is 8.93. The minimum Gasteiger partial charge on any atom is -0.462 e. The van der Waals surface area contributed by atoms with E-state index in [4.69, 9.17) is 14.2 Å². The maximum atomic E-state index is 11.9. The Labute approximate surface area is 160 Å². The molecule has 0 unspecified atom stereocenters. The third-order valence-electron chi connectivity index (χ3n) is 3.27. The summed E-state index contributed by atoms with van der Waals surface area (Å²) in [6, 6.07) is 8.86. The highest BCUT2D eigenvalue weighted by molar-refractivity contribution is 5.74. The van der Waals surface area contributed by atoms with Gasteiger partial charge < -0.3 is 19.5 Å². The van der Waals surface area contributed by atoms with Crippen LogP contribution in [0.4, 0.5) is 4.79 Å². The topological polar surface area (TPSA) is 90.9 Å². The van der Waals surface area contributed by atoms with Crippen molar-refractivity contribution in [2.45, 2.75) is 71.8 Å². The van der Waals surface area contributed by atoms with Crippen LogP contribution in [0.5, 0.6) is 0 Å². The van der Waals surface area contributed by atoms with Crippen LogP contribution in [0.2, 0.25) is 0 Å². The maximum Gasteiger partial charge on any atom is 0.407 e. The van der Waals surface area contributed by atoms with Gasteiger partial charge in [0.2, 0.25) is 0 Å². The summed E-state index contributed by atoms with van der Waals surface area (Å²) < 4.78 is 15.5. The molecule has 7 nitrogen and oxygen atoms in total. The highest BCUT2D eigenvalue weighted by Crippen LogP contribution is 2.09. The van der Waals surface area contributed by atoms with Crippen molar-refractivity contribution in [2.75, 3.05) is 0 Å². The SMILES string of the molecule is C[C@H](CC(=O)OCc1ccccc1)OC(=O)C[C@H](C)NC(=O)OC(C)(C)C. The number of rotatable bonds is 8. The summed E-state index contributed by atoms with van der Waals surface area (Å²) in [6.07, 6.45) is -1.27. The molecule has 1 N–H and O–H groups in total. The third kappa shape index (κ3) is 10.9. The Hall–Kier alpha value is -2.57. The van der Waals surface area contributed by atoms with E-state index in [0.717, 1.165) is 5.56 Å². The fourth-order valence-corrected chi connectivity index (χ4v) is 2.16. The van der Waals surface area contributed by atoms with E-state index in [0.29, 0.717) is 0 Å². The zero-order valence-corrected chi connectivity index (χ0v) is 16.6. The summed E-state index contributed by atoms with van der Waals surface area (Å²) in [4.78, 5) is 35.4. The highest BCUT2D eigenvalue weighted by Gasteiger charge is 2.21. The van der Waals surface area contributed by atoms with Crippen LogP contribution in [0, 0.1) is 0 Å². The van der Waals surface area contributed by atoms with Crippen molar-refractivity contribution in [3.8, 4) is 0 Å². The van der Waals surface area contributed by atoms with Crippen LogP contribution >= 0.6 is 0 Å². The third-order valence-corrected chi connectivity index (χ3v) is 3.27. The Morgan fingerprint density at radius 2 is 1.63 bits per heavy atom. The number of hydrogen-bond acceptors (Lipinski definition) is 6. The van der Waals surface area contributed by atoms with Gasteiger partial charge in [0.15, 0.2) is 0 Å². The Kier molecular flexibility index (Phi) is 8.78. The molecule has 1 aromatic carbocycles. The molecule has 1 aromatic rings. The molecule has 0 spiro atoms. The molecule has 0 radical (unpaired) electrons. The average molecular weight is 379 g/mol. The van der Waals surface area contributed by atoms with Gasteiger partial charge in [-0.05, 0) is 40.2 Å². The number of carbonyl (C=O) groups excluding carboxylic acids is 3. The Morgan fingerprint density at radius 1 is 1.00 bits per heavy atom. The van der Waals surface area contributed by atoms with Gasteiger partial charge in [-0.2, -0.15) is 0 Å². The first-order chi connectivity index (χ1) is 12.5. The molecule has 1 rings (SSSR count). The molecular weight excluding hydrogens is 350 g/mol. The van der Waals surface area contributed by atoms with Gasteiger partial charge in [0.25, 0.3) is 0 Å². The second-order valence-electron chi connectivity index (χ2n) is 7.40. The summed E-state index contributed by atoms with van der Waals surface area (Å²) >= 11 is 0. The second-order valence-corrected chi connectivity index (χ2v) is 7.40. The molecule has 0 bridgehead atoms. The molecule has 27 heavy (non-hydrogen) atoms. The van der Waals surface area contributed by atoms with Crippen LogP contribution in [0.25, 0.3) is 0 Å². The van der Waals surface area contributed by atoms with Crippen molar-refractivity contribution >= 4 is 18.0 Å². The molecular formula is C20H29NO6. The van der Waals surface area contributed by atoms with Gasteiger partial charge in [0.1, 0.15) is 18.3 Å². The first-order valence-corrected chi connectivity index (χ1v) is 8.93. The van der Waals surface area contributed by atoms with E-state index in [1.165, 1.54) is 0 Å². The van der Waals surface area contributed by atoms with E-state index >= 15 is 0 Å². The molecule has 7 heteroatoms. The van der Waals surface area contributed by atoms with Gasteiger partial charge in [-0.25, -0.2) is 4.79 Å². The Balaban J connectivity index is 2.28. The van der Waals surface area contributed by atoms with Crippen LogP contribution < -0.4 is 5.32 Å². The molecule has 0 aliphatic carbocycles. The number of amides is 1. The highest BCUT2D eigenvalue weighted by atomic mass is 16.6. The summed E-state index contributed by atoms with van der Waals surface area (Å²) in [7, 11) is 0. The van der Waals surface area contributed by atoms with E-state index in [1.807, 2.05) is 30.3 Å². The minimum absolute atomic E-state index is 0.0252. The lowest BCUT2D eigenvalue weighted by molar-refractivity contribution is -0.155. The maximum absolute atomic E-state index is 11.9. The fraction of sp³-hybridized carbons (Fsp3) is 0.550. The lowest BCUT2D eigenvalue weighted by atomic mass is 10.2. The molecule has 0 fully saturated rings. The number of benzene rings is 1. The number of ether oxygens (including phenoxy) is 3. The van der Waals surface area contributed by atoms with Crippen LogP contribution in [0.1, 0.15) is 53.0 Å². The fourth-order valence-electron chi connectivity index (χ4n) is 2.16. The molecule has 0 aliphatic rings. The quantitative estimate of drug-likeness (QED) is 0.550. The van der Waals surface area contributed by atoms with Gasteiger partial charge in [0, 0.05) is 6.04 Å². The number of carbonyl (C=O) groups is 3. The number of hydrogen-bond donors (Lipinski definition) is 1. The van der Waals surface area contributed by atoms with Gasteiger partial charge in [-0.1, -0.05) is 30.3 Å². The minimum atomic E-state index is -0.616. The summed E-state index contributed by atoms with van der Waals surface area (Å²) in [5.74, 6) is -0.957. The molecule has 0 aliphatic heterocycles. The van der Waals surface area contributed by atoms with Crippen LogP contribution in [0.3, 0.4) is 0 Å². The largest absolute Gasteiger partial charge is 0.462 e. The Bertz CT molecular complexity index is 623. The average Bonchev–Trinajstić information content (AvgIpc) is 2.51. The number of nitrogens with one attached hydrogen (secondary N) is 1. The zero-order chi connectivity index (χ0) is 20.4. The molecule has 0 aromatic heterocycles. The second kappa shape index (κ2) is 10.5. The van der Waals surface area contributed by atoms with Crippen molar-refractivity contribution in [3.05, 3.63) is 35.9 Å². The first kappa shape index (κ1) is 22.5. The van der Waals surface area contributed by atoms with Crippen LogP contribution in [0.15, 0.2) is 30.3 Å². The van der Waals surface area contributed by atoms with Gasteiger partial charge in [-0.3, -0.25) is 9.59 Å². The molecule has 0 heterocycles. The van der Waals surface area contributed by atoms with Crippen molar-refractivity contribution < 1.29 is 28.6 Å².